The summed E-state index contributed by atoms with van der Waals surface area (Å²) in [5.41, 5.74) is 5.31. The van der Waals surface area contributed by atoms with Gasteiger partial charge in [-0.1, -0.05) is 15.9 Å². The van der Waals surface area contributed by atoms with Crippen molar-refractivity contribution in [3.8, 4) is 5.75 Å². The fourth-order valence-corrected chi connectivity index (χ4v) is 2.85. The highest BCUT2D eigenvalue weighted by molar-refractivity contribution is 9.10. The fraction of sp³-hybridized carbons (Fsp3) is 0.500. The van der Waals surface area contributed by atoms with Gasteiger partial charge in [0.2, 0.25) is 5.91 Å². The number of nitrogens with two attached hydrogens (primary N) is 1. The first kappa shape index (κ1) is 19.0. The Bertz CT molecular complexity index is 599. The van der Waals surface area contributed by atoms with Crippen LogP contribution in [0.4, 0.5) is 0 Å². The number of halogens is 2. The van der Waals surface area contributed by atoms with E-state index in [1.807, 2.05) is 24.3 Å². The van der Waals surface area contributed by atoms with Gasteiger partial charge in [0, 0.05) is 30.7 Å². The number of ether oxygens (including phenoxy) is 1. The van der Waals surface area contributed by atoms with Crippen molar-refractivity contribution in [2.45, 2.75) is 18.4 Å². The van der Waals surface area contributed by atoms with Gasteiger partial charge in [-0.25, -0.2) is 0 Å². The van der Waals surface area contributed by atoms with E-state index in [1.165, 1.54) is 0 Å². The molecule has 1 saturated heterocycles. The molecule has 2 N–H and O–H groups in total. The van der Waals surface area contributed by atoms with Gasteiger partial charge in [0.15, 0.2) is 6.61 Å². The number of amides is 2. The van der Waals surface area contributed by atoms with Gasteiger partial charge in [-0.15, -0.1) is 12.4 Å². The molecule has 8 heteroatoms. The number of hydrogen-bond donors (Lipinski definition) is 1. The van der Waals surface area contributed by atoms with Crippen LogP contribution in [0.5, 0.6) is 5.75 Å². The standard InChI is InChI=1S/C16H20BrN3O3.ClH/c17-12-1-3-13(4-2-12)23-11-14(21)19-7-9-20(10-8-19)15(22)16(18)5-6-16;/h1-4H,5-11,18H2;1H. The van der Waals surface area contributed by atoms with Gasteiger partial charge >= 0.3 is 0 Å². The molecule has 2 aliphatic rings. The van der Waals surface area contributed by atoms with Gasteiger partial charge in [0.1, 0.15) is 5.75 Å². The van der Waals surface area contributed by atoms with E-state index < -0.39 is 5.54 Å². The summed E-state index contributed by atoms with van der Waals surface area (Å²) in [5, 5.41) is 0. The van der Waals surface area contributed by atoms with Gasteiger partial charge in [-0.3, -0.25) is 9.59 Å². The molecule has 1 aromatic rings. The first-order chi connectivity index (χ1) is 11.0. The highest BCUT2D eigenvalue weighted by atomic mass is 79.9. The molecule has 6 nitrogen and oxygen atoms in total. The molecule has 0 radical (unpaired) electrons. The molecule has 0 spiro atoms. The Labute approximate surface area is 155 Å². The van der Waals surface area contributed by atoms with Crippen LogP contribution in [-0.4, -0.2) is 59.9 Å². The molecule has 0 unspecified atom stereocenters. The van der Waals surface area contributed by atoms with Gasteiger partial charge in [-0.05, 0) is 37.1 Å². The maximum atomic E-state index is 12.2. The molecule has 1 heterocycles. The topological polar surface area (TPSA) is 75.9 Å². The monoisotopic (exact) mass is 417 g/mol. The highest BCUT2D eigenvalue weighted by Crippen LogP contribution is 2.34. The molecule has 0 atom stereocenters. The van der Waals surface area contributed by atoms with E-state index in [9.17, 15) is 9.59 Å². The maximum absolute atomic E-state index is 12.2. The number of rotatable bonds is 4. The molecule has 3 rings (SSSR count). The summed E-state index contributed by atoms with van der Waals surface area (Å²) >= 11 is 3.35. The summed E-state index contributed by atoms with van der Waals surface area (Å²) in [5.74, 6) is 0.624. The van der Waals surface area contributed by atoms with Crippen molar-refractivity contribution in [2.75, 3.05) is 32.8 Å². The van der Waals surface area contributed by atoms with E-state index in [4.69, 9.17) is 10.5 Å². The zero-order valence-corrected chi connectivity index (χ0v) is 15.6. The molecule has 0 bridgehead atoms. The second-order valence-corrected chi connectivity index (χ2v) is 6.99. The maximum Gasteiger partial charge on any atom is 0.260 e. The van der Waals surface area contributed by atoms with Gasteiger partial charge in [0.25, 0.3) is 5.91 Å². The normalized spacial score (nSPS) is 18.6. The summed E-state index contributed by atoms with van der Waals surface area (Å²) in [6, 6.07) is 7.35. The zero-order chi connectivity index (χ0) is 16.4. The smallest absolute Gasteiger partial charge is 0.260 e. The van der Waals surface area contributed by atoms with Crippen molar-refractivity contribution in [1.82, 2.24) is 9.80 Å². The van der Waals surface area contributed by atoms with Crippen molar-refractivity contribution in [1.29, 1.82) is 0 Å². The Morgan fingerprint density at radius 2 is 1.62 bits per heavy atom. The predicted octanol–water partition coefficient (Wildman–Crippen LogP) is 1.41. The quantitative estimate of drug-likeness (QED) is 0.802. The Hall–Kier alpha value is -1.31. The van der Waals surface area contributed by atoms with Crippen molar-refractivity contribution < 1.29 is 14.3 Å². The van der Waals surface area contributed by atoms with Gasteiger partial charge < -0.3 is 20.3 Å². The van der Waals surface area contributed by atoms with E-state index in [-0.39, 0.29) is 30.8 Å². The van der Waals surface area contributed by atoms with Crippen LogP contribution in [0.25, 0.3) is 0 Å². The third kappa shape index (κ3) is 4.40. The number of piperazine rings is 1. The number of carbonyl (C=O) groups is 2. The average Bonchev–Trinajstić information content (AvgIpc) is 3.32. The van der Waals surface area contributed by atoms with Crippen LogP contribution in [0, 0.1) is 0 Å². The van der Waals surface area contributed by atoms with E-state index in [0.29, 0.717) is 31.9 Å². The van der Waals surface area contributed by atoms with E-state index in [1.54, 1.807) is 9.80 Å². The Balaban J connectivity index is 0.00000208. The van der Waals surface area contributed by atoms with E-state index in [2.05, 4.69) is 15.9 Å². The number of carbonyl (C=O) groups excluding carboxylic acids is 2. The summed E-state index contributed by atoms with van der Waals surface area (Å²) in [7, 11) is 0. The minimum atomic E-state index is -0.628. The minimum absolute atomic E-state index is 0. The van der Waals surface area contributed by atoms with Crippen LogP contribution in [0.3, 0.4) is 0 Å². The van der Waals surface area contributed by atoms with Crippen LogP contribution < -0.4 is 10.5 Å². The van der Waals surface area contributed by atoms with Crippen molar-refractivity contribution >= 4 is 40.2 Å². The third-order valence-electron chi connectivity index (χ3n) is 4.31. The average molecular weight is 419 g/mol. The molecule has 24 heavy (non-hydrogen) atoms. The first-order valence-electron chi connectivity index (χ1n) is 7.72. The fourth-order valence-electron chi connectivity index (χ4n) is 2.59. The molecule has 1 aromatic carbocycles. The van der Waals surface area contributed by atoms with Crippen molar-refractivity contribution in [2.24, 2.45) is 5.73 Å². The molecular weight excluding hydrogens is 398 g/mol. The van der Waals surface area contributed by atoms with Crippen LogP contribution >= 0.6 is 28.3 Å². The molecule has 0 aromatic heterocycles. The lowest BCUT2D eigenvalue weighted by Crippen LogP contribution is -2.55. The minimum Gasteiger partial charge on any atom is -0.484 e. The Kier molecular flexibility index (Phi) is 6.11. The van der Waals surface area contributed by atoms with Crippen LogP contribution in [-0.2, 0) is 9.59 Å². The van der Waals surface area contributed by atoms with Crippen molar-refractivity contribution in [3.63, 3.8) is 0 Å². The Morgan fingerprint density at radius 3 is 2.17 bits per heavy atom. The van der Waals surface area contributed by atoms with Crippen molar-refractivity contribution in [3.05, 3.63) is 28.7 Å². The van der Waals surface area contributed by atoms with Crippen LogP contribution in [0.1, 0.15) is 12.8 Å². The largest absolute Gasteiger partial charge is 0.484 e. The molecule has 132 valence electrons. The highest BCUT2D eigenvalue weighted by Gasteiger charge is 2.48. The van der Waals surface area contributed by atoms with Crippen LogP contribution in [0.15, 0.2) is 28.7 Å². The third-order valence-corrected chi connectivity index (χ3v) is 4.84. The summed E-state index contributed by atoms with van der Waals surface area (Å²) in [6.45, 7) is 2.16. The Morgan fingerprint density at radius 1 is 1.08 bits per heavy atom. The molecular formula is C16H21BrClN3O3. The molecule has 1 aliphatic carbocycles. The number of benzene rings is 1. The van der Waals surface area contributed by atoms with E-state index in [0.717, 1.165) is 17.3 Å². The second kappa shape index (κ2) is 7.72. The second-order valence-electron chi connectivity index (χ2n) is 6.07. The van der Waals surface area contributed by atoms with Crippen LogP contribution in [0.2, 0.25) is 0 Å². The zero-order valence-electron chi connectivity index (χ0n) is 13.2. The first-order valence-corrected chi connectivity index (χ1v) is 8.52. The van der Waals surface area contributed by atoms with Gasteiger partial charge in [-0.2, -0.15) is 0 Å². The van der Waals surface area contributed by atoms with E-state index >= 15 is 0 Å². The number of nitrogens with zero attached hydrogens (tertiary/aromatic N) is 2. The summed E-state index contributed by atoms with van der Waals surface area (Å²) < 4.78 is 6.47. The lowest BCUT2D eigenvalue weighted by Gasteiger charge is -2.36. The number of hydrogen-bond acceptors (Lipinski definition) is 4. The lowest BCUT2D eigenvalue weighted by atomic mass is 10.2. The molecule has 2 fully saturated rings. The molecule has 1 saturated carbocycles. The molecule has 1 aliphatic heterocycles. The lowest BCUT2D eigenvalue weighted by molar-refractivity contribution is -0.141. The predicted molar refractivity (Wildman–Crippen MR) is 96.2 cm³/mol. The van der Waals surface area contributed by atoms with Gasteiger partial charge in [0.05, 0.1) is 5.54 Å². The molecule has 2 amide bonds. The SMILES string of the molecule is Cl.NC1(C(=O)N2CCN(C(=O)COc3ccc(Br)cc3)CC2)CC1. The summed E-state index contributed by atoms with van der Waals surface area (Å²) in [4.78, 5) is 27.9. The summed E-state index contributed by atoms with van der Waals surface area (Å²) in [6.07, 6.45) is 1.54.